The Kier molecular flexibility index (Phi) is 11.3. The van der Waals surface area contributed by atoms with Gasteiger partial charge in [0.2, 0.25) is 0 Å². The second-order valence-electron chi connectivity index (χ2n) is 11.8. The van der Waals surface area contributed by atoms with Crippen LogP contribution in [0.15, 0.2) is 146 Å². The van der Waals surface area contributed by atoms with Gasteiger partial charge in [0.25, 0.3) is 0 Å². The van der Waals surface area contributed by atoms with Gasteiger partial charge in [0.05, 0.1) is 25.9 Å². The Morgan fingerprint density at radius 3 is 1.69 bits per heavy atom. The van der Waals surface area contributed by atoms with E-state index >= 15 is 0 Å². The summed E-state index contributed by atoms with van der Waals surface area (Å²) < 4.78 is 16.3. The summed E-state index contributed by atoms with van der Waals surface area (Å²) in [4.78, 5) is 13.7. The zero-order valence-electron chi connectivity index (χ0n) is 27.2. The number of nitrogens with zero attached hydrogens (tertiary/aromatic N) is 1. The monoisotopic (exact) mass is 635 g/mol. The smallest absolute Gasteiger partial charge is 0.330 e. The molecular weight excluding hydrogens is 594 g/mol. The first-order valence-corrected chi connectivity index (χ1v) is 16.6. The van der Waals surface area contributed by atoms with Crippen molar-refractivity contribution in [3.05, 3.63) is 174 Å². The lowest BCUT2D eigenvalue weighted by atomic mass is 9.95. The van der Waals surface area contributed by atoms with Crippen LogP contribution < -0.4 is 4.90 Å². The van der Waals surface area contributed by atoms with Crippen molar-refractivity contribution in [1.82, 2.24) is 0 Å². The number of benzene rings is 5. The molecule has 0 N–H and O–H groups in total. The first kappa shape index (κ1) is 32.7. The molecule has 242 valence electrons. The predicted molar refractivity (Wildman–Crippen MR) is 195 cm³/mol. The van der Waals surface area contributed by atoms with Gasteiger partial charge in [-0.2, -0.15) is 0 Å². The summed E-state index contributed by atoms with van der Waals surface area (Å²) in [6.45, 7) is 6.09. The molecule has 1 saturated heterocycles. The molecule has 1 atom stereocenters. The van der Waals surface area contributed by atoms with Crippen LogP contribution in [0.4, 0.5) is 17.1 Å². The average Bonchev–Trinajstić information content (AvgIpc) is 3.98. The Morgan fingerprint density at radius 1 is 0.688 bits per heavy atom. The minimum Gasteiger partial charge on any atom is -0.462 e. The summed E-state index contributed by atoms with van der Waals surface area (Å²) in [6, 6.07) is 46.8. The molecule has 0 aliphatic carbocycles. The van der Waals surface area contributed by atoms with Crippen molar-refractivity contribution < 1.29 is 19.0 Å². The van der Waals surface area contributed by atoms with Crippen LogP contribution in [-0.4, -0.2) is 38.5 Å². The van der Waals surface area contributed by atoms with E-state index in [1.807, 2.05) is 12.1 Å². The number of hydrogen-bond donors (Lipinski definition) is 0. The van der Waals surface area contributed by atoms with Crippen LogP contribution in [0.25, 0.3) is 11.6 Å². The maximum absolute atomic E-state index is 11.5. The van der Waals surface area contributed by atoms with E-state index in [1.54, 1.807) is 0 Å². The topological polar surface area (TPSA) is 51.3 Å². The summed E-state index contributed by atoms with van der Waals surface area (Å²) in [7, 11) is 0. The average molecular weight is 636 g/mol. The van der Waals surface area contributed by atoms with E-state index in [0.717, 1.165) is 54.2 Å². The zero-order chi connectivity index (χ0) is 33.0. The van der Waals surface area contributed by atoms with Crippen LogP contribution in [0.1, 0.15) is 34.2 Å². The quantitative estimate of drug-likeness (QED) is 0.0356. The highest BCUT2D eigenvalue weighted by Gasteiger charge is 2.21. The molecule has 1 aliphatic heterocycles. The van der Waals surface area contributed by atoms with Gasteiger partial charge in [0.1, 0.15) is 0 Å². The largest absolute Gasteiger partial charge is 0.462 e. The van der Waals surface area contributed by atoms with E-state index < -0.39 is 5.97 Å². The summed E-state index contributed by atoms with van der Waals surface area (Å²) in [5.74, 6) is -0.404. The van der Waals surface area contributed by atoms with Crippen molar-refractivity contribution in [3.8, 4) is 0 Å². The van der Waals surface area contributed by atoms with Gasteiger partial charge in [-0.1, -0.05) is 104 Å². The van der Waals surface area contributed by atoms with Gasteiger partial charge in [-0.05, 0) is 88.7 Å². The van der Waals surface area contributed by atoms with E-state index in [9.17, 15) is 4.79 Å². The molecule has 0 aromatic heterocycles. The standard InChI is InChI=1S/C43H41NO4/c1-2-43(45)47-30-26-34-15-21-39(22-16-34)44(38-19-13-33(14-20-38)25-28-46-29-27-41-32-48-41)40-23-17-35(18-24-40)31-42(36-9-5-3-6-10-36)37-11-7-4-8-12-37/h2-24,31,41H,1,25-30,32H2. The molecule has 1 fully saturated rings. The number of esters is 1. The molecule has 48 heavy (non-hydrogen) atoms. The van der Waals surface area contributed by atoms with Crippen LogP contribution in [-0.2, 0) is 31.8 Å². The van der Waals surface area contributed by atoms with Gasteiger partial charge in [0, 0.05) is 36.2 Å². The van der Waals surface area contributed by atoms with Crippen LogP contribution in [0.3, 0.4) is 0 Å². The van der Waals surface area contributed by atoms with Gasteiger partial charge in [-0.25, -0.2) is 4.79 Å². The second kappa shape index (κ2) is 16.6. The third-order valence-electron chi connectivity index (χ3n) is 8.34. The van der Waals surface area contributed by atoms with Crippen LogP contribution in [0.2, 0.25) is 0 Å². The van der Waals surface area contributed by atoms with Gasteiger partial charge in [0.15, 0.2) is 0 Å². The van der Waals surface area contributed by atoms with E-state index in [1.165, 1.54) is 28.3 Å². The van der Waals surface area contributed by atoms with E-state index in [-0.39, 0.29) is 0 Å². The lowest BCUT2D eigenvalue weighted by molar-refractivity contribution is -0.137. The Hall–Kier alpha value is -5.23. The summed E-state index contributed by atoms with van der Waals surface area (Å²) in [5.41, 5.74) is 10.1. The first-order valence-electron chi connectivity index (χ1n) is 16.6. The molecule has 0 radical (unpaired) electrons. The highest BCUT2D eigenvalue weighted by Crippen LogP contribution is 2.36. The van der Waals surface area contributed by atoms with Crippen molar-refractivity contribution in [3.63, 3.8) is 0 Å². The SMILES string of the molecule is C=CC(=O)OCCc1ccc(N(c2ccc(C=C(c3ccccc3)c3ccccc3)cc2)c2ccc(CCOCCC3CO3)cc2)cc1. The van der Waals surface area contributed by atoms with Gasteiger partial charge >= 0.3 is 5.97 Å². The Labute approximate surface area is 283 Å². The number of carbonyl (C=O) groups is 1. The molecule has 5 aromatic carbocycles. The van der Waals surface area contributed by atoms with Gasteiger partial charge in [-0.3, -0.25) is 0 Å². The van der Waals surface area contributed by atoms with E-state index in [0.29, 0.717) is 25.7 Å². The third-order valence-corrected chi connectivity index (χ3v) is 8.34. The van der Waals surface area contributed by atoms with Crippen molar-refractivity contribution in [1.29, 1.82) is 0 Å². The second-order valence-corrected chi connectivity index (χ2v) is 11.8. The zero-order valence-corrected chi connectivity index (χ0v) is 27.2. The lowest BCUT2D eigenvalue weighted by Gasteiger charge is -2.26. The Bertz CT molecular complexity index is 1740. The molecule has 5 nitrogen and oxygen atoms in total. The molecule has 6 rings (SSSR count). The molecule has 0 spiro atoms. The van der Waals surface area contributed by atoms with Crippen molar-refractivity contribution >= 4 is 34.7 Å². The molecule has 1 heterocycles. The molecule has 0 saturated carbocycles. The first-order chi connectivity index (χ1) is 23.7. The number of rotatable bonds is 16. The Morgan fingerprint density at radius 2 is 1.19 bits per heavy atom. The fraction of sp³-hybridized carbons (Fsp3) is 0.186. The van der Waals surface area contributed by atoms with E-state index in [4.69, 9.17) is 14.2 Å². The molecule has 5 aromatic rings. The minimum absolute atomic E-state index is 0.316. The summed E-state index contributed by atoms with van der Waals surface area (Å²) in [5, 5.41) is 0. The van der Waals surface area contributed by atoms with Crippen LogP contribution >= 0.6 is 0 Å². The maximum Gasteiger partial charge on any atom is 0.330 e. The maximum atomic E-state index is 11.5. The molecule has 1 aliphatic rings. The predicted octanol–water partition coefficient (Wildman–Crippen LogP) is 9.37. The highest BCUT2D eigenvalue weighted by atomic mass is 16.6. The number of ether oxygens (including phenoxy) is 3. The molecule has 1 unspecified atom stereocenters. The van der Waals surface area contributed by atoms with Crippen molar-refractivity contribution in [2.45, 2.75) is 25.4 Å². The van der Waals surface area contributed by atoms with Crippen molar-refractivity contribution in [2.24, 2.45) is 0 Å². The summed E-state index contributed by atoms with van der Waals surface area (Å²) in [6.07, 6.45) is 6.32. The highest BCUT2D eigenvalue weighted by molar-refractivity contribution is 5.91. The lowest BCUT2D eigenvalue weighted by Crippen LogP contribution is -2.10. The number of hydrogen-bond acceptors (Lipinski definition) is 5. The minimum atomic E-state index is -0.404. The molecule has 0 amide bonds. The number of carbonyl (C=O) groups excluding carboxylic acids is 1. The van der Waals surface area contributed by atoms with Crippen LogP contribution in [0, 0.1) is 0 Å². The van der Waals surface area contributed by atoms with E-state index in [2.05, 4.69) is 139 Å². The molecule has 0 bridgehead atoms. The van der Waals surface area contributed by atoms with Gasteiger partial charge < -0.3 is 19.1 Å². The van der Waals surface area contributed by atoms with Crippen molar-refractivity contribution in [2.75, 3.05) is 31.3 Å². The van der Waals surface area contributed by atoms with Gasteiger partial charge in [-0.15, -0.1) is 0 Å². The molecule has 5 heteroatoms. The fourth-order valence-corrected chi connectivity index (χ4v) is 5.60. The third kappa shape index (κ3) is 9.19. The number of epoxide rings is 1. The normalized spacial score (nSPS) is 13.4. The fourth-order valence-electron chi connectivity index (χ4n) is 5.60. The summed E-state index contributed by atoms with van der Waals surface area (Å²) >= 11 is 0. The number of anilines is 3. The molecular formula is C43H41NO4. The van der Waals surface area contributed by atoms with Crippen LogP contribution in [0.5, 0.6) is 0 Å². The Balaban J connectivity index is 1.24.